The molecule has 450 valence electrons. The van der Waals surface area contributed by atoms with Gasteiger partial charge in [0.15, 0.2) is 5.60 Å². The number of carbonyl (C=O) groups is 11. The van der Waals surface area contributed by atoms with Crippen LogP contribution in [-0.4, -0.2) is 150 Å². The van der Waals surface area contributed by atoms with Crippen LogP contribution < -0.4 is 48.1 Å². The summed E-state index contributed by atoms with van der Waals surface area (Å²) in [7, 11) is 0. The second-order valence-corrected chi connectivity index (χ2v) is 20.5. The smallest absolute Gasteiger partial charge is 0.343 e. The van der Waals surface area contributed by atoms with Crippen molar-refractivity contribution in [2.24, 2.45) is 0 Å². The molecular weight excluding hydrogens is 1110 g/mol. The van der Waals surface area contributed by atoms with E-state index < -0.39 is 135 Å². The lowest BCUT2D eigenvalue weighted by Crippen LogP contribution is -2.52. The molecule has 3 atom stereocenters. The van der Waals surface area contributed by atoms with Crippen molar-refractivity contribution in [3.05, 3.63) is 110 Å². The van der Waals surface area contributed by atoms with Gasteiger partial charge in [0.25, 0.3) is 17.4 Å². The number of carbonyl (C=O) groups excluding carboxylic acids is 11. The van der Waals surface area contributed by atoms with E-state index in [1.165, 1.54) is 22.8 Å². The molecule has 9 N–H and O–H groups in total. The van der Waals surface area contributed by atoms with Crippen LogP contribution in [0.1, 0.15) is 90.4 Å². The Labute approximate surface area is 484 Å². The molecule has 2 aromatic carbocycles. The number of aliphatic hydroxyl groups is 1. The van der Waals surface area contributed by atoms with E-state index in [0.717, 1.165) is 4.90 Å². The summed E-state index contributed by atoms with van der Waals surface area (Å²) in [6.07, 6.45) is 4.74. The molecular formula is C57H64FN11O16. The Bertz CT molecular complexity index is 3430. The number of unbranched alkanes of at least 4 members (excludes halogenated alkanes) is 2. The first-order chi connectivity index (χ1) is 40.8. The number of halogens is 1. The van der Waals surface area contributed by atoms with Crippen molar-refractivity contribution < 1.29 is 76.4 Å². The number of aryl methyl sites for hydroxylation is 1. The summed E-state index contributed by atoms with van der Waals surface area (Å²) in [5, 5.41) is 31.8. The number of hydrogen-bond donors (Lipinski definition) is 9. The summed E-state index contributed by atoms with van der Waals surface area (Å²) in [4.78, 5) is 157. The fraction of sp³-hybridized carbons (Fsp3) is 0.421. The molecule has 0 saturated carbocycles. The number of benzene rings is 2. The lowest BCUT2D eigenvalue weighted by Gasteiger charge is -2.31. The zero-order chi connectivity index (χ0) is 61.0. The van der Waals surface area contributed by atoms with Gasteiger partial charge in [-0.05, 0) is 67.3 Å². The summed E-state index contributed by atoms with van der Waals surface area (Å²) >= 11 is 0. The van der Waals surface area contributed by atoms with Crippen LogP contribution in [0.5, 0.6) is 0 Å². The molecule has 1 aliphatic carbocycles. The molecule has 0 spiro atoms. The maximum Gasteiger partial charge on any atom is 0.343 e. The molecule has 8 rings (SSSR count). The number of hydrogen-bond acceptors (Lipinski definition) is 17. The largest absolute Gasteiger partial charge is 0.458 e. The first-order valence-corrected chi connectivity index (χ1v) is 27.5. The first kappa shape index (κ1) is 61.8. The van der Waals surface area contributed by atoms with E-state index in [-0.39, 0.29) is 61.9 Å². The molecule has 2 aromatic heterocycles. The van der Waals surface area contributed by atoms with Crippen LogP contribution in [0.25, 0.3) is 22.3 Å². The standard InChI is InChI=1S/C57H64FN11O16/c1-3-57(82)36-19-41-53-34(25-69(41)55(80)35(36)26-85-56(57)81)52-38(14-13-33-31(2)37(58)20-39(67-53)51(33)52)65-48(76)28-84-30-63-44(72)22-61-47(75)27-83-29-64-45(73)23-62-54(79)40(18-32-10-6-4-7-11-32)66-46(74)24-60-43(71)21-59-42(70)12-8-5-9-17-68-49(77)15-16-50(68)78/h4,6-7,10-11,15-16,19-20,38,40,82H,3,5,8-9,12-14,17-18,21-30H2,1-2H3,(H,59,70)(H,60,71)(H,61,75)(H,62,79)(H,63,72)(H,64,73)(H,65,76)(H,66,74)/t38?,40-,57-/m0/s1. The van der Waals surface area contributed by atoms with Gasteiger partial charge in [0.1, 0.15) is 45.1 Å². The normalized spacial score (nSPS) is 16.5. The van der Waals surface area contributed by atoms with Gasteiger partial charge in [0.05, 0.1) is 61.2 Å². The van der Waals surface area contributed by atoms with Gasteiger partial charge < -0.3 is 66.4 Å². The topological polar surface area (TPSA) is 370 Å². The summed E-state index contributed by atoms with van der Waals surface area (Å²) in [6.45, 7) is -0.730. The van der Waals surface area contributed by atoms with Crippen LogP contribution in [0.3, 0.4) is 0 Å². The van der Waals surface area contributed by atoms with E-state index in [9.17, 15) is 62.6 Å². The van der Waals surface area contributed by atoms with Gasteiger partial charge >= 0.3 is 5.97 Å². The van der Waals surface area contributed by atoms with Crippen LogP contribution in [0.2, 0.25) is 0 Å². The number of amides is 10. The number of cyclic esters (lactones) is 1. The highest BCUT2D eigenvalue weighted by molar-refractivity contribution is 6.12. The molecule has 10 amide bonds. The molecule has 0 saturated heterocycles. The minimum atomic E-state index is -2.06. The monoisotopic (exact) mass is 1180 g/mol. The van der Waals surface area contributed by atoms with Crippen molar-refractivity contribution in [3.63, 3.8) is 0 Å². The SMILES string of the molecule is CC[C@@]1(O)C(=O)OCc2c1cc1n(c2=O)Cc2c-1nc1cc(F)c(C)c3c1c2C(NC(=O)COCNC(=O)CNC(=O)COCNC(=O)CNC(=O)[C@H](Cc1ccccc1)NC(=O)CNC(=O)CNC(=O)CCCCCN1C(=O)C=CC1=O)CC3. The summed E-state index contributed by atoms with van der Waals surface area (Å²) in [6, 6.07) is 9.71. The van der Waals surface area contributed by atoms with Crippen LogP contribution in [0, 0.1) is 12.7 Å². The Kier molecular flexibility index (Phi) is 20.3. The number of fused-ring (bicyclic) bond motifs is 5. The van der Waals surface area contributed by atoms with Gasteiger partial charge in [0.2, 0.25) is 47.3 Å². The van der Waals surface area contributed by atoms with E-state index in [0.29, 0.717) is 82.2 Å². The Balaban J connectivity index is 0.712. The molecule has 0 bridgehead atoms. The summed E-state index contributed by atoms with van der Waals surface area (Å²) in [5.41, 5.74) is 1.75. The minimum Gasteiger partial charge on any atom is -0.458 e. The lowest BCUT2D eigenvalue weighted by atomic mass is 9.81. The Morgan fingerprint density at radius 3 is 2.09 bits per heavy atom. The minimum absolute atomic E-state index is 0.0223. The second-order valence-electron chi connectivity index (χ2n) is 20.5. The van der Waals surface area contributed by atoms with Gasteiger partial charge in [-0.15, -0.1) is 0 Å². The van der Waals surface area contributed by atoms with Crippen LogP contribution in [0.4, 0.5) is 4.39 Å². The van der Waals surface area contributed by atoms with Crippen molar-refractivity contribution in [2.75, 3.05) is 59.4 Å². The van der Waals surface area contributed by atoms with Crippen molar-refractivity contribution >= 4 is 75.9 Å². The Morgan fingerprint density at radius 1 is 0.765 bits per heavy atom. The molecule has 27 nitrogen and oxygen atoms in total. The van der Waals surface area contributed by atoms with Crippen LogP contribution >= 0.6 is 0 Å². The van der Waals surface area contributed by atoms with Gasteiger partial charge in [-0.3, -0.25) is 57.6 Å². The number of esters is 1. The maximum atomic E-state index is 15.3. The van der Waals surface area contributed by atoms with E-state index in [4.69, 9.17) is 19.2 Å². The molecule has 0 fully saturated rings. The Hall–Kier alpha value is -9.28. The van der Waals surface area contributed by atoms with Gasteiger partial charge in [-0.25, -0.2) is 14.2 Å². The number of nitrogens with zero attached hydrogens (tertiary/aromatic N) is 3. The number of aromatic nitrogens is 2. The van der Waals surface area contributed by atoms with Gasteiger partial charge in [-0.1, -0.05) is 43.7 Å². The lowest BCUT2D eigenvalue weighted by molar-refractivity contribution is -0.172. The van der Waals surface area contributed by atoms with E-state index in [2.05, 4.69) is 42.5 Å². The van der Waals surface area contributed by atoms with E-state index in [1.807, 2.05) is 0 Å². The molecule has 1 unspecified atom stereocenters. The zero-order valence-electron chi connectivity index (χ0n) is 46.6. The van der Waals surface area contributed by atoms with Gasteiger partial charge in [-0.2, -0.15) is 0 Å². The molecule has 28 heteroatoms. The molecule has 0 radical (unpaired) electrons. The quantitative estimate of drug-likeness (QED) is 0.0119. The predicted octanol–water partition coefficient (Wildman–Crippen LogP) is -1.51. The van der Waals surface area contributed by atoms with Crippen molar-refractivity contribution in [3.8, 4) is 11.4 Å². The van der Waals surface area contributed by atoms with Gasteiger partial charge in [0, 0.05) is 54.1 Å². The molecule has 3 aliphatic heterocycles. The Morgan fingerprint density at radius 2 is 1.40 bits per heavy atom. The van der Waals surface area contributed by atoms with Crippen molar-refractivity contribution in [1.29, 1.82) is 0 Å². The number of pyridine rings is 2. The molecule has 85 heavy (non-hydrogen) atoms. The van der Waals surface area contributed by atoms with E-state index in [1.54, 1.807) is 50.2 Å². The zero-order valence-corrected chi connectivity index (χ0v) is 46.6. The van der Waals surface area contributed by atoms with Crippen LogP contribution in [0.15, 0.2) is 59.4 Å². The van der Waals surface area contributed by atoms with Crippen molar-refractivity contribution in [1.82, 2.24) is 57.0 Å². The second kappa shape index (κ2) is 27.9. The number of rotatable bonds is 28. The van der Waals surface area contributed by atoms with E-state index >= 15 is 4.39 Å². The fourth-order valence-corrected chi connectivity index (χ4v) is 10.3. The van der Waals surface area contributed by atoms with Crippen molar-refractivity contribution in [2.45, 2.75) is 96.1 Å². The summed E-state index contributed by atoms with van der Waals surface area (Å²) in [5.74, 6) is -7.32. The highest BCUT2D eigenvalue weighted by Gasteiger charge is 2.46. The number of nitrogens with one attached hydrogen (secondary N) is 8. The summed E-state index contributed by atoms with van der Waals surface area (Å²) < 4.78 is 32.6. The first-order valence-electron chi connectivity index (χ1n) is 27.5. The highest BCUT2D eigenvalue weighted by Crippen LogP contribution is 2.46. The third kappa shape index (κ3) is 14.9. The third-order valence-corrected chi connectivity index (χ3v) is 14.8. The third-order valence-electron chi connectivity index (χ3n) is 14.8. The average Bonchev–Trinajstić information content (AvgIpc) is 1.67. The predicted molar refractivity (Wildman–Crippen MR) is 295 cm³/mol. The number of ether oxygens (including phenoxy) is 3. The number of imide groups is 1. The molecule has 5 heterocycles. The average molecular weight is 1180 g/mol. The fourth-order valence-electron chi connectivity index (χ4n) is 10.3. The highest BCUT2D eigenvalue weighted by atomic mass is 19.1. The molecule has 4 aromatic rings. The van der Waals surface area contributed by atoms with Crippen LogP contribution in [-0.2, 0) is 98.5 Å². The maximum absolute atomic E-state index is 15.3. The molecule has 4 aliphatic rings.